The second-order valence-corrected chi connectivity index (χ2v) is 8.62. The molecule has 4 aromatic rings. The summed E-state index contributed by atoms with van der Waals surface area (Å²) in [6.07, 6.45) is 0. The minimum Gasteiger partial charge on any atom is -0.497 e. The maximum Gasteiger partial charge on any atom is 0.254 e. The molecule has 1 saturated heterocycles. The van der Waals surface area contributed by atoms with Crippen LogP contribution in [0.2, 0.25) is 0 Å². The highest BCUT2D eigenvalue weighted by molar-refractivity contribution is 6.07. The Morgan fingerprint density at radius 1 is 0.778 bits per heavy atom. The van der Waals surface area contributed by atoms with Gasteiger partial charge in [-0.1, -0.05) is 18.2 Å². The zero-order valence-corrected chi connectivity index (χ0v) is 20.7. The van der Waals surface area contributed by atoms with Crippen LogP contribution in [-0.2, 0) is 0 Å². The van der Waals surface area contributed by atoms with Crippen molar-refractivity contribution >= 4 is 22.5 Å². The largest absolute Gasteiger partial charge is 0.497 e. The molecule has 184 valence electrons. The van der Waals surface area contributed by atoms with Crippen molar-refractivity contribution in [2.45, 2.75) is 0 Å². The van der Waals surface area contributed by atoms with E-state index in [0.29, 0.717) is 35.8 Å². The van der Waals surface area contributed by atoms with Gasteiger partial charge in [0.1, 0.15) is 17.2 Å². The van der Waals surface area contributed by atoms with Crippen molar-refractivity contribution in [2.24, 2.45) is 0 Å². The van der Waals surface area contributed by atoms with Gasteiger partial charge in [0.25, 0.3) is 5.91 Å². The molecule has 2 heterocycles. The van der Waals surface area contributed by atoms with Gasteiger partial charge in [-0.25, -0.2) is 4.98 Å². The average Bonchev–Trinajstić information content (AvgIpc) is 2.96. The van der Waals surface area contributed by atoms with E-state index in [1.54, 1.807) is 21.3 Å². The highest BCUT2D eigenvalue weighted by Gasteiger charge is 2.25. The molecule has 7 nitrogen and oxygen atoms in total. The number of aromatic nitrogens is 1. The van der Waals surface area contributed by atoms with Crippen LogP contribution in [0.25, 0.3) is 22.2 Å². The number of hydrogen-bond acceptors (Lipinski definition) is 6. The number of pyridine rings is 1. The lowest BCUT2D eigenvalue weighted by Gasteiger charge is -2.36. The number of carbonyl (C=O) groups is 1. The molecule has 7 heteroatoms. The number of hydrogen-bond donors (Lipinski definition) is 0. The fraction of sp³-hybridized carbons (Fsp3) is 0.241. The van der Waals surface area contributed by atoms with E-state index >= 15 is 0 Å². The van der Waals surface area contributed by atoms with Crippen LogP contribution >= 0.6 is 0 Å². The van der Waals surface area contributed by atoms with Crippen molar-refractivity contribution in [1.82, 2.24) is 9.88 Å². The number of para-hydroxylation sites is 1. The summed E-state index contributed by atoms with van der Waals surface area (Å²) in [5.41, 5.74) is 4.04. The molecule has 0 bridgehead atoms. The fourth-order valence-electron chi connectivity index (χ4n) is 4.63. The second-order valence-electron chi connectivity index (χ2n) is 8.62. The molecule has 0 aliphatic carbocycles. The van der Waals surface area contributed by atoms with Crippen LogP contribution < -0.4 is 19.1 Å². The third-order valence-corrected chi connectivity index (χ3v) is 6.64. The third kappa shape index (κ3) is 4.52. The van der Waals surface area contributed by atoms with E-state index in [4.69, 9.17) is 19.2 Å². The van der Waals surface area contributed by atoms with Crippen molar-refractivity contribution in [2.75, 3.05) is 52.4 Å². The summed E-state index contributed by atoms with van der Waals surface area (Å²) in [5, 5.41) is 0.844. The minimum absolute atomic E-state index is 0.0108. The monoisotopic (exact) mass is 483 g/mol. The molecule has 1 fully saturated rings. The summed E-state index contributed by atoms with van der Waals surface area (Å²) in [6.45, 7) is 2.81. The van der Waals surface area contributed by atoms with Crippen molar-refractivity contribution in [3.05, 3.63) is 78.4 Å². The van der Waals surface area contributed by atoms with E-state index in [1.807, 2.05) is 65.6 Å². The second kappa shape index (κ2) is 10.2. The Morgan fingerprint density at radius 3 is 2.17 bits per heavy atom. The van der Waals surface area contributed by atoms with Gasteiger partial charge in [-0.3, -0.25) is 4.79 Å². The Hall–Kier alpha value is -4.26. The molecular formula is C29H29N3O4. The number of nitrogens with zero attached hydrogens (tertiary/aromatic N) is 3. The summed E-state index contributed by atoms with van der Waals surface area (Å²) < 4.78 is 16.2. The van der Waals surface area contributed by atoms with Gasteiger partial charge in [0.15, 0.2) is 0 Å². The number of amides is 1. The van der Waals surface area contributed by atoms with Gasteiger partial charge in [0, 0.05) is 48.9 Å². The molecule has 1 amide bonds. The van der Waals surface area contributed by atoms with Crippen LogP contribution in [0.15, 0.2) is 72.8 Å². The van der Waals surface area contributed by atoms with Crippen LogP contribution in [-0.4, -0.2) is 63.3 Å². The summed E-state index contributed by atoms with van der Waals surface area (Å²) >= 11 is 0. The first-order valence-corrected chi connectivity index (χ1v) is 11.9. The van der Waals surface area contributed by atoms with Crippen molar-refractivity contribution < 1.29 is 19.0 Å². The minimum atomic E-state index is 0.0108. The lowest BCUT2D eigenvalue weighted by Crippen LogP contribution is -2.48. The van der Waals surface area contributed by atoms with E-state index in [9.17, 15) is 4.79 Å². The number of carbonyl (C=O) groups excluding carboxylic acids is 1. The first kappa shape index (κ1) is 23.5. The van der Waals surface area contributed by atoms with Gasteiger partial charge in [0.2, 0.25) is 0 Å². The quantitative estimate of drug-likeness (QED) is 0.389. The zero-order valence-electron chi connectivity index (χ0n) is 20.7. The van der Waals surface area contributed by atoms with Crippen molar-refractivity contribution in [1.29, 1.82) is 0 Å². The van der Waals surface area contributed by atoms with Crippen LogP contribution in [0.3, 0.4) is 0 Å². The first-order chi connectivity index (χ1) is 17.6. The van der Waals surface area contributed by atoms with Crippen LogP contribution in [0.4, 0.5) is 5.69 Å². The molecular weight excluding hydrogens is 454 g/mol. The molecule has 0 N–H and O–H groups in total. The number of piperazine rings is 1. The summed E-state index contributed by atoms with van der Waals surface area (Å²) in [6, 6.07) is 23.3. The third-order valence-electron chi connectivity index (χ3n) is 6.64. The molecule has 0 unspecified atom stereocenters. The van der Waals surface area contributed by atoms with Gasteiger partial charge >= 0.3 is 0 Å². The van der Waals surface area contributed by atoms with Gasteiger partial charge in [-0.2, -0.15) is 0 Å². The predicted molar refractivity (Wildman–Crippen MR) is 141 cm³/mol. The molecule has 3 aromatic carbocycles. The molecule has 5 rings (SSSR count). The molecule has 1 aliphatic rings. The van der Waals surface area contributed by atoms with Crippen molar-refractivity contribution in [3.63, 3.8) is 0 Å². The number of rotatable bonds is 6. The first-order valence-electron chi connectivity index (χ1n) is 11.9. The number of anilines is 1. The van der Waals surface area contributed by atoms with Gasteiger partial charge < -0.3 is 24.0 Å². The number of ether oxygens (including phenoxy) is 3. The maximum atomic E-state index is 13.8. The smallest absolute Gasteiger partial charge is 0.254 e. The summed E-state index contributed by atoms with van der Waals surface area (Å²) in [5.74, 6) is 2.18. The van der Waals surface area contributed by atoms with E-state index in [1.165, 1.54) is 0 Å². The molecule has 0 radical (unpaired) electrons. The van der Waals surface area contributed by atoms with Crippen molar-refractivity contribution in [3.8, 4) is 28.5 Å². The molecule has 0 saturated carbocycles. The lowest BCUT2D eigenvalue weighted by atomic mass is 10.0. The normalized spacial score (nSPS) is 13.5. The lowest BCUT2D eigenvalue weighted by molar-refractivity contribution is 0.0748. The fourth-order valence-corrected chi connectivity index (χ4v) is 4.63. The van der Waals surface area contributed by atoms with E-state index < -0.39 is 0 Å². The SMILES string of the molecule is COc1ccc(N2CCN(C(=O)c3cc(-c4ccc(OC)cc4OC)nc4ccccc34)CC2)cc1. The zero-order chi connectivity index (χ0) is 25.1. The number of benzene rings is 3. The molecule has 1 aromatic heterocycles. The van der Waals surface area contributed by atoms with Crippen LogP contribution in [0, 0.1) is 0 Å². The Morgan fingerprint density at radius 2 is 1.47 bits per heavy atom. The number of fused-ring (bicyclic) bond motifs is 1. The molecule has 0 spiro atoms. The molecule has 1 aliphatic heterocycles. The number of methoxy groups -OCH3 is 3. The Bertz CT molecular complexity index is 1380. The van der Waals surface area contributed by atoms with E-state index in [-0.39, 0.29) is 5.91 Å². The highest BCUT2D eigenvalue weighted by Crippen LogP contribution is 2.34. The maximum absolute atomic E-state index is 13.8. The Kier molecular flexibility index (Phi) is 6.62. The molecule has 36 heavy (non-hydrogen) atoms. The van der Waals surface area contributed by atoms with Gasteiger partial charge in [-0.15, -0.1) is 0 Å². The van der Waals surface area contributed by atoms with E-state index in [2.05, 4.69) is 17.0 Å². The van der Waals surface area contributed by atoms with Gasteiger partial charge in [-0.05, 0) is 48.5 Å². The highest BCUT2D eigenvalue weighted by atomic mass is 16.5. The molecule has 0 atom stereocenters. The summed E-state index contributed by atoms with van der Waals surface area (Å²) in [7, 11) is 4.90. The average molecular weight is 484 g/mol. The van der Waals surface area contributed by atoms with Gasteiger partial charge in [0.05, 0.1) is 38.1 Å². The van der Waals surface area contributed by atoms with E-state index in [0.717, 1.165) is 41.0 Å². The standard InChI is InChI=1S/C29H29N3O4/c1-34-21-10-8-20(9-11-21)31-14-16-32(17-15-31)29(33)25-19-27(30-26-7-5-4-6-23(25)26)24-13-12-22(35-2)18-28(24)36-3/h4-13,18-19H,14-17H2,1-3H3. The predicted octanol–water partition coefficient (Wildman–Crippen LogP) is 4.89. The topological polar surface area (TPSA) is 64.1 Å². The Labute approximate surface area is 210 Å². The van der Waals surface area contributed by atoms with Crippen LogP contribution in [0.1, 0.15) is 10.4 Å². The summed E-state index contributed by atoms with van der Waals surface area (Å²) in [4.78, 5) is 22.9. The van der Waals surface area contributed by atoms with Crippen LogP contribution in [0.5, 0.6) is 17.2 Å². The Balaban J connectivity index is 1.44.